The van der Waals surface area contributed by atoms with Gasteiger partial charge in [-0.15, -0.1) is 0 Å². The lowest BCUT2D eigenvalue weighted by Crippen LogP contribution is -2.35. The van der Waals surface area contributed by atoms with Gasteiger partial charge in [0.15, 0.2) is 5.54 Å². The highest BCUT2D eigenvalue weighted by molar-refractivity contribution is 5.96. The average Bonchev–Trinajstić information content (AvgIpc) is 3.22. The van der Waals surface area contributed by atoms with Crippen molar-refractivity contribution in [3.63, 3.8) is 0 Å². The first-order valence-electron chi connectivity index (χ1n) is 8.03. The number of aromatic amines is 1. The van der Waals surface area contributed by atoms with E-state index in [1.807, 2.05) is 18.2 Å². The number of carbonyl (C=O) groups is 2. The zero-order valence-electron chi connectivity index (χ0n) is 14.7. The monoisotopic (exact) mass is 356 g/mol. The van der Waals surface area contributed by atoms with Crippen LogP contribution in [0, 0.1) is 0 Å². The van der Waals surface area contributed by atoms with Crippen LogP contribution in [-0.4, -0.2) is 38.9 Å². The number of H-pyrrole nitrogens is 1. The van der Waals surface area contributed by atoms with Crippen molar-refractivity contribution < 1.29 is 19.4 Å². The van der Waals surface area contributed by atoms with Crippen LogP contribution in [0.5, 0.6) is 5.75 Å². The van der Waals surface area contributed by atoms with Crippen LogP contribution in [0.1, 0.15) is 19.4 Å². The Kier molecular flexibility index (Phi) is 4.41. The molecule has 3 aromatic rings. The summed E-state index contributed by atoms with van der Waals surface area (Å²) < 4.78 is 6.53. The summed E-state index contributed by atoms with van der Waals surface area (Å²) >= 11 is 0. The number of carbonyl (C=O) groups excluding carboxylic acids is 1. The number of carboxylic acids is 1. The predicted molar refractivity (Wildman–Crippen MR) is 96.4 cm³/mol. The number of fused-ring (bicyclic) bond motifs is 1. The van der Waals surface area contributed by atoms with E-state index in [4.69, 9.17) is 4.74 Å². The summed E-state index contributed by atoms with van der Waals surface area (Å²) in [5.41, 5.74) is 1.01. The average molecular weight is 356 g/mol. The maximum atomic E-state index is 12.4. The SMILES string of the molecule is COc1ccc2[nH]cc(CC(=O)Nc3cnn(C(C)(C)C(=O)O)c3)c2c1. The smallest absolute Gasteiger partial charge is 0.331 e. The Balaban J connectivity index is 1.74. The molecule has 0 fully saturated rings. The molecular formula is C18H20N4O4. The topological polar surface area (TPSA) is 109 Å². The van der Waals surface area contributed by atoms with E-state index in [2.05, 4.69) is 15.4 Å². The number of aliphatic carboxylic acids is 1. The molecule has 3 N–H and O–H groups in total. The molecule has 0 saturated heterocycles. The first-order valence-corrected chi connectivity index (χ1v) is 8.03. The number of nitrogens with one attached hydrogen (secondary N) is 2. The van der Waals surface area contributed by atoms with Gasteiger partial charge in [0.2, 0.25) is 5.91 Å². The van der Waals surface area contributed by atoms with Crippen molar-refractivity contribution in [3.05, 3.63) is 42.4 Å². The Labute approximate surface area is 149 Å². The van der Waals surface area contributed by atoms with Crippen LogP contribution in [0.25, 0.3) is 10.9 Å². The summed E-state index contributed by atoms with van der Waals surface area (Å²) in [6.07, 6.45) is 4.90. The van der Waals surface area contributed by atoms with Gasteiger partial charge in [0.1, 0.15) is 5.75 Å². The molecule has 0 radical (unpaired) electrons. The zero-order valence-corrected chi connectivity index (χ0v) is 14.7. The lowest BCUT2D eigenvalue weighted by Gasteiger charge is -2.19. The minimum atomic E-state index is -1.20. The Morgan fingerprint density at radius 3 is 2.85 bits per heavy atom. The van der Waals surface area contributed by atoms with E-state index in [1.54, 1.807) is 13.3 Å². The molecule has 0 bridgehead atoms. The minimum Gasteiger partial charge on any atom is -0.497 e. The van der Waals surface area contributed by atoms with Gasteiger partial charge in [-0.25, -0.2) is 4.79 Å². The Morgan fingerprint density at radius 1 is 1.38 bits per heavy atom. The Hall–Kier alpha value is -3.29. The van der Waals surface area contributed by atoms with E-state index in [0.717, 1.165) is 22.2 Å². The van der Waals surface area contributed by atoms with Crippen molar-refractivity contribution in [1.82, 2.24) is 14.8 Å². The largest absolute Gasteiger partial charge is 0.497 e. The lowest BCUT2D eigenvalue weighted by molar-refractivity contribution is -0.146. The molecule has 136 valence electrons. The zero-order chi connectivity index (χ0) is 18.9. The standard InChI is InChI=1S/C18H20N4O4/c1-18(2,17(24)25)22-10-12(9-20-22)21-16(23)6-11-8-19-15-5-4-13(26-3)7-14(11)15/h4-5,7-10,19H,6H2,1-3H3,(H,21,23)(H,24,25). The predicted octanol–water partition coefficient (Wildman–Crippen LogP) is 2.37. The number of nitrogens with zero attached hydrogens (tertiary/aromatic N) is 2. The summed E-state index contributed by atoms with van der Waals surface area (Å²) in [4.78, 5) is 26.8. The molecule has 0 aliphatic heterocycles. The number of methoxy groups -OCH3 is 1. The number of anilines is 1. The third-order valence-corrected chi connectivity index (χ3v) is 4.29. The van der Waals surface area contributed by atoms with Crippen molar-refractivity contribution in [3.8, 4) is 5.75 Å². The third kappa shape index (κ3) is 3.26. The first kappa shape index (κ1) is 17.5. The third-order valence-electron chi connectivity index (χ3n) is 4.29. The lowest BCUT2D eigenvalue weighted by atomic mass is 10.1. The van der Waals surface area contributed by atoms with Crippen LogP contribution < -0.4 is 10.1 Å². The van der Waals surface area contributed by atoms with Crippen LogP contribution in [0.2, 0.25) is 0 Å². The van der Waals surface area contributed by atoms with E-state index in [9.17, 15) is 14.7 Å². The second-order valence-corrected chi connectivity index (χ2v) is 6.49. The highest BCUT2D eigenvalue weighted by atomic mass is 16.5. The molecule has 0 saturated carbocycles. The van der Waals surface area contributed by atoms with Crippen molar-refractivity contribution >= 4 is 28.5 Å². The van der Waals surface area contributed by atoms with Gasteiger partial charge in [-0.05, 0) is 37.6 Å². The summed E-state index contributed by atoms with van der Waals surface area (Å²) in [5, 5.41) is 16.9. The van der Waals surface area contributed by atoms with Crippen LogP contribution in [-0.2, 0) is 21.5 Å². The van der Waals surface area contributed by atoms with Crippen molar-refractivity contribution in [2.24, 2.45) is 0 Å². The van der Waals surface area contributed by atoms with Crippen molar-refractivity contribution in [2.75, 3.05) is 12.4 Å². The van der Waals surface area contributed by atoms with Gasteiger partial charge in [0.05, 0.1) is 25.4 Å². The molecule has 3 rings (SSSR count). The molecule has 1 aromatic carbocycles. The molecule has 1 amide bonds. The van der Waals surface area contributed by atoms with Crippen molar-refractivity contribution in [1.29, 1.82) is 0 Å². The number of hydrogen-bond donors (Lipinski definition) is 3. The molecule has 0 unspecified atom stereocenters. The van der Waals surface area contributed by atoms with Crippen LogP contribution in [0.3, 0.4) is 0 Å². The van der Waals surface area contributed by atoms with Crippen LogP contribution in [0.4, 0.5) is 5.69 Å². The van der Waals surface area contributed by atoms with E-state index < -0.39 is 11.5 Å². The number of carboxylic acid groups (broad SMARTS) is 1. The molecular weight excluding hydrogens is 336 g/mol. The minimum absolute atomic E-state index is 0.167. The second-order valence-electron chi connectivity index (χ2n) is 6.49. The second kappa shape index (κ2) is 6.55. The maximum absolute atomic E-state index is 12.4. The Morgan fingerprint density at radius 2 is 2.15 bits per heavy atom. The first-order chi connectivity index (χ1) is 12.3. The quantitative estimate of drug-likeness (QED) is 0.628. The highest BCUT2D eigenvalue weighted by Crippen LogP contribution is 2.24. The molecule has 2 heterocycles. The molecule has 2 aromatic heterocycles. The fourth-order valence-corrected chi connectivity index (χ4v) is 2.60. The maximum Gasteiger partial charge on any atom is 0.331 e. The molecule has 8 nitrogen and oxygen atoms in total. The van der Waals surface area contributed by atoms with Crippen molar-refractivity contribution in [2.45, 2.75) is 25.8 Å². The van der Waals surface area contributed by atoms with Crippen LogP contribution in [0.15, 0.2) is 36.8 Å². The summed E-state index contributed by atoms with van der Waals surface area (Å²) in [6, 6.07) is 5.62. The fourth-order valence-electron chi connectivity index (χ4n) is 2.60. The van der Waals surface area contributed by atoms with E-state index in [-0.39, 0.29) is 12.3 Å². The molecule has 8 heteroatoms. The van der Waals surface area contributed by atoms with Gasteiger partial charge in [-0.1, -0.05) is 0 Å². The van der Waals surface area contributed by atoms with Crippen LogP contribution >= 0.6 is 0 Å². The molecule has 0 spiro atoms. The van der Waals surface area contributed by atoms with Gasteiger partial charge in [0, 0.05) is 23.3 Å². The number of amides is 1. The molecule has 0 aliphatic rings. The molecule has 26 heavy (non-hydrogen) atoms. The van der Waals surface area contributed by atoms with E-state index in [1.165, 1.54) is 30.9 Å². The number of rotatable bonds is 6. The Bertz CT molecular complexity index is 971. The number of hydrogen-bond acceptors (Lipinski definition) is 4. The number of ether oxygens (including phenoxy) is 1. The number of aromatic nitrogens is 3. The highest BCUT2D eigenvalue weighted by Gasteiger charge is 2.30. The van der Waals surface area contributed by atoms with Gasteiger partial charge in [-0.3, -0.25) is 9.48 Å². The summed E-state index contributed by atoms with van der Waals surface area (Å²) in [6.45, 7) is 3.07. The van der Waals surface area contributed by atoms with Gasteiger partial charge in [0.25, 0.3) is 0 Å². The van der Waals surface area contributed by atoms with E-state index in [0.29, 0.717) is 5.69 Å². The van der Waals surface area contributed by atoms with E-state index >= 15 is 0 Å². The molecule has 0 atom stereocenters. The normalized spacial score (nSPS) is 11.5. The molecule has 0 aliphatic carbocycles. The number of benzene rings is 1. The fraction of sp³-hybridized carbons (Fsp3) is 0.278. The summed E-state index contributed by atoms with van der Waals surface area (Å²) in [5.74, 6) is -0.511. The van der Waals surface area contributed by atoms with Gasteiger partial charge in [-0.2, -0.15) is 5.10 Å². The van der Waals surface area contributed by atoms with Gasteiger partial charge >= 0.3 is 5.97 Å². The summed E-state index contributed by atoms with van der Waals surface area (Å²) in [7, 11) is 1.59. The van der Waals surface area contributed by atoms with Gasteiger partial charge < -0.3 is 20.1 Å².